The predicted octanol–water partition coefficient (Wildman–Crippen LogP) is 2.10. The van der Waals surface area contributed by atoms with E-state index in [1.54, 1.807) is 0 Å². The molecule has 23 heavy (non-hydrogen) atoms. The zero-order valence-electron chi connectivity index (χ0n) is 14.2. The van der Waals surface area contributed by atoms with Gasteiger partial charge in [0.25, 0.3) is 0 Å². The summed E-state index contributed by atoms with van der Waals surface area (Å²) in [5, 5.41) is 3.06. The lowest BCUT2D eigenvalue weighted by molar-refractivity contribution is -0.144. The van der Waals surface area contributed by atoms with Crippen LogP contribution in [0.2, 0.25) is 0 Å². The van der Waals surface area contributed by atoms with Crippen molar-refractivity contribution < 1.29 is 14.4 Å². The quantitative estimate of drug-likeness (QED) is 0.810. The van der Waals surface area contributed by atoms with Gasteiger partial charge in [-0.1, -0.05) is 39.5 Å². The largest absolute Gasteiger partial charge is 0.352 e. The fourth-order valence-corrected chi connectivity index (χ4v) is 4.57. The first-order chi connectivity index (χ1) is 11.0. The molecule has 0 aromatic rings. The molecule has 2 aliphatic carbocycles. The highest BCUT2D eigenvalue weighted by Crippen LogP contribution is 2.38. The van der Waals surface area contributed by atoms with Crippen molar-refractivity contribution >= 4 is 17.7 Å². The van der Waals surface area contributed by atoms with E-state index in [4.69, 9.17) is 0 Å². The van der Waals surface area contributed by atoms with Gasteiger partial charge in [-0.3, -0.25) is 19.3 Å². The van der Waals surface area contributed by atoms with Crippen LogP contribution < -0.4 is 5.32 Å². The average Bonchev–Trinajstić information content (AvgIpc) is 2.77. The van der Waals surface area contributed by atoms with Crippen molar-refractivity contribution in [3.8, 4) is 0 Å². The van der Waals surface area contributed by atoms with E-state index in [9.17, 15) is 14.4 Å². The van der Waals surface area contributed by atoms with Gasteiger partial charge in [-0.2, -0.15) is 0 Å². The Kier molecular flexibility index (Phi) is 4.74. The van der Waals surface area contributed by atoms with E-state index in [1.165, 1.54) is 11.3 Å². The number of carbonyl (C=O) groups excluding carboxylic acids is 3. The predicted molar refractivity (Wildman–Crippen MR) is 86.3 cm³/mol. The Morgan fingerprint density at radius 2 is 1.61 bits per heavy atom. The zero-order chi connectivity index (χ0) is 16.6. The van der Waals surface area contributed by atoms with Crippen molar-refractivity contribution in [2.45, 2.75) is 64.8 Å². The van der Waals surface area contributed by atoms with Gasteiger partial charge in [-0.05, 0) is 31.1 Å². The maximum absolute atomic E-state index is 12.4. The summed E-state index contributed by atoms with van der Waals surface area (Å²) in [5.41, 5.74) is 0. The highest BCUT2D eigenvalue weighted by molar-refractivity contribution is 6.07. The molecule has 3 rings (SSSR count). The second kappa shape index (κ2) is 6.62. The second-order valence-corrected chi connectivity index (χ2v) is 7.70. The van der Waals surface area contributed by atoms with Crippen molar-refractivity contribution in [3.05, 3.63) is 0 Å². The molecular weight excluding hydrogens is 292 g/mol. The molecular formula is C18H28N2O3. The summed E-state index contributed by atoms with van der Waals surface area (Å²) < 4.78 is 0. The van der Waals surface area contributed by atoms with Crippen LogP contribution in [0.3, 0.4) is 0 Å². The fraction of sp³-hybridized carbons (Fsp3) is 0.833. The van der Waals surface area contributed by atoms with Gasteiger partial charge in [0.05, 0.1) is 11.8 Å². The van der Waals surface area contributed by atoms with E-state index >= 15 is 0 Å². The Labute approximate surface area is 138 Å². The van der Waals surface area contributed by atoms with Gasteiger partial charge in [0, 0.05) is 6.04 Å². The Hall–Kier alpha value is -1.39. The maximum Gasteiger partial charge on any atom is 0.240 e. The number of rotatable bonds is 3. The molecule has 3 amide bonds. The first-order valence-electron chi connectivity index (χ1n) is 9.13. The Morgan fingerprint density at radius 1 is 1.00 bits per heavy atom. The molecule has 0 radical (unpaired) electrons. The standard InChI is InChI=1S/C18H28N2O3/c1-11-6-5-9-15(12(11)2)19-16(21)10-20-17(22)13-7-3-4-8-14(13)18(20)23/h11-15H,3-10H2,1-2H3,(H,19,21)/t11-,12-,13-,14+,15+/m1/s1. The first-order valence-corrected chi connectivity index (χ1v) is 9.13. The molecule has 1 aliphatic heterocycles. The molecule has 0 aromatic carbocycles. The van der Waals surface area contributed by atoms with Gasteiger partial charge < -0.3 is 5.32 Å². The van der Waals surface area contributed by atoms with Crippen molar-refractivity contribution in [2.24, 2.45) is 23.7 Å². The average molecular weight is 320 g/mol. The van der Waals surface area contributed by atoms with Gasteiger partial charge >= 0.3 is 0 Å². The molecule has 3 fully saturated rings. The topological polar surface area (TPSA) is 66.5 Å². The van der Waals surface area contributed by atoms with E-state index in [1.807, 2.05) is 0 Å². The van der Waals surface area contributed by atoms with E-state index < -0.39 is 0 Å². The van der Waals surface area contributed by atoms with Crippen molar-refractivity contribution in [3.63, 3.8) is 0 Å². The number of fused-ring (bicyclic) bond motifs is 1. The number of nitrogens with one attached hydrogen (secondary N) is 1. The summed E-state index contributed by atoms with van der Waals surface area (Å²) in [5.74, 6) is 0.277. The van der Waals surface area contributed by atoms with E-state index in [0.717, 1.165) is 38.5 Å². The minimum Gasteiger partial charge on any atom is -0.352 e. The molecule has 1 heterocycles. The highest BCUT2D eigenvalue weighted by atomic mass is 16.2. The van der Waals surface area contributed by atoms with Crippen molar-refractivity contribution in [1.82, 2.24) is 10.2 Å². The zero-order valence-corrected chi connectivity index (χ0v) is 14.2. The lowest BCUT2D eigenvalue weighted by Gasteiger charge is -2.34. The normalized spacial score (nSPS) is 37.7. The van der Waals surface area contributed by atoms with Crippen LogP contribution in [-0.2, 0) is 14.4 Å². The van der Waals surface area contributed by atoms with Gasteiger partial charge in [-0.15, -0.1) is 0 Å². The molecule has 0 spiro atoms. The smallest absolute Gasteiger partial charge is 0.240 e. The number of carbonyl (C=O) groups is 3. The van der Waals surface area contributed by atoms with Gasteiger partial charge in [0.15, 0.2) is 0 Å². The molecule has 1 N–H and O–H groups in total. The first kappa shape index (κ1) is 16.5. The van der Waals surface area contributed by atoms with E-state index in [-0.39, 0.29) is 42.1 Å². The summed E-state index contributed by atoms with van der Waals surface area (Å²) in [6, 6.07) is 0.168. The molecule has 128 valence electrons. The minimum atomic E-state index is -0.184. The lowest BCUT2D eigenvalue weighted by Crippen LogP contribution is -2.48. The third-order valence-corrected chi connectivity index (χ3v) is 6.29. The SMILES string of the molecule is C[C@@H]1[C@H](C)CCC[C@@H]1NC(=O)CN1C(=O)[C@H]2CCCC[C@H]2C1=O. The molecule has 2 saturated carbocycles. The number of hydrogen-bond donors (Lipinski definition) is 1. The Balaban J connectivity index is 1.59. The van der Waals surface area contributed by atoms with E-state index in [0.29, 0.717) is 11.8 Å². The molecule has 5 atom stereocenters. The minimum absolute atomic E-state index is 0.0950. The highest BCUT2D eigenvalue weighted by Gasteiger charge is 2.48. The van der Waals surface area contributed by atoms with Gasteiger partial charge in [-0.25, -0.2) is 0 Å². The molecule has 5 nitrogen and oxygen atoms in total. The summed E-state index contributed by atoms with van der Waals surface area (Å²) in [6.07, 6.45) is 6.94. The third kappa shape index (κ3) is 3.15. The molecule has 0 aromatic heterocycles. The van der Waals surface area contributed by atoms with Crippen LogP contribution in [0.5, 0.6) is 0 Å². The number of imide groups is 1. The number of likely N-dealkylation sites (tertiary alicyclic amines) is 1. The van der Waals surface area contributed by atoms with E-state index in [2.05, 4.69) is 19.2 Å². The van der Waals surface area contributed by atoms with Crippen LogP contribution in [0.4, 0.5) is 0 Å². The third-order valence-electron chi connectivity index (χ3n) is 6.29. The number of amides is 3. The van der Waals surface area contributed by atoms with Crippen LogP contribution in [0, 0.1) is 23.7 Å². The molecule has 0 bridgehead atoms. The summed E-state index contributed by atoms with van der Waals surface area (Å²) in [4.78, 5) is 38.4. The van der Waals surface area contributed by atoms with Gasteiger partial charge in [0.1, 0.15) is 6.54 Å². The molecule has 1 saturated heterocycles. The Morgan fingerprint density at radius 3 is 2.22 bits per heavy atom. The fourth-order valence-electron chi connectivity index (χ4n) is 4.57. The number of hydrogen-bond acceptors (Lipinski definition) is 3. The lowest BCUT2D eigenvalue weighted by atomic mass is 9.78. The summed E-state index contributed by atoms with van der Waals surface area (Å²) >= 11 is 0. The Bertz CT molecular complexity index is 480. The van der Waals surface area contributed by atoms with Crippen LogP contribution in [0.15, 0.2) is 0 Å². The summed E-state index contributed by atoms with van der Waals surface area (Å²) in [6.45, 7) is 4.30. The molecule has 5 heteroatoms. The number of nitrogens with zero attached hydrogens (tertiary/aromatic N) is 1. The summed E-state index contributed by atoms with van der Waals surface area (Å²) in [7, 11) is 0. The van der Waals surface area contributed by atoms with Gasteiger partial charge in [0.2, 0.25) is 17.7 Å². The monoisotopic (exact) mass is 320 g/mol. The maximum atomic E-state index is 12.4. The van der Waals surface area contributed by atoms with Crippen molar-refractivity contribution in [2.75, 3.05) is 6.54 Å². The molecule has 3 aliphatic rings. The van der Waals surface area contributed by atoms with Crippen LogP contribution in [0.1, 0.15) is 58.8 Å². The van der Waals surface area contributed by atoms with Crippen LogP contribution in [-0.4, -0.2) is 35.2 Å². The van der Waals surface area contributed by atoms with Crippen LogP contribution in [0.25, 0.3) is 0 Å². The van der Waals surface area contributed by atoms with Crippen molar-refractivity contribution in [1.29, 1.82) is 0 Å². The second-order valence-electron chi connectivity index (χ2n) is 7.70. The molecule has 0 unspecified atom stereocenters. The van der Waals surface area contributed by atoms with Crippen LogP contribution >= 0.6 is 0 Å².